The third kappa shape index (κ3) is 2.64. The topological polar surface area (TPSA) is 35.0 Å². The van der Waals surface area contributed by atoms with Crippen LogP contribution in [0.4, 0.5) is 0 Å². The smallest absolute Gasteiger partial charge is 0.159 e. The minimum absolute atomic E-state index is 0.0580. The number of rotatable bonds is 3. The lowest BCUT2D eigenvalue weighted by atomic mass is 10.2. The van der Waals surface area contributed by atoms with Crippen molar-refractivity contribution in [3.05, 3.63) is 22.7 Å². The van der Waals surface area contributed by atoms with Crippen LogP contribution in [-0.4, -0.2) is 17.1 Å². The van der Waals surface area contributed by atoms with Crippen molar-refractivity contribution in [3.63, 3.8) is 0 Å². The summed E-state index contributed by atoms with van der Waals surface area (Å²) in [7, 11) is 1.65. The maximum atomic E-state index is 5.80. The van der Waals surface area contributed by atoms with E-state index in [-0.39, 0.29) is 6.10 Å². The average Bonchev–Trinajstić information content (AvgIpc) is 2.04. The number of halogens is 1. The maximum Gasteiger partial charge on any atom is 0.159 e. The van der Waals surface area contributed by atoms with Crippen molar-refractivity contribution < 1.29 is 4.74 Å². The summed E-state index contributed by atoms with van der Waals surface area (Å²) in [4.78, 5) is 8.36. The highest BCUT2D eigenvalue weighted by atomic mass is 35.5. The molecule has 0 N–H and O–H groups in total. The highest BCUT2D eigenvalue weighted by Gasteiger charge is 2.11. The summed E-state index contributed by atoms with van der Waals surface area (Å²) in [5.41, 5.74) is 0.866. The van der Waals surface area contributed by atoms with E-state index in [2.05, 4.69) is 9.97 Å². The van der Waals surface area contributed by atoms with Gasteiger partial charge in [-0.25, -0.2) is 9.97 Å². The fourth-order valence-corrected chi connectivity index (χ4v) is 1.40. The normalized spacial score (nSPS) is 12.9. The van der Waals surface area contributed by atoms with E-state index >= 15 is 0 Å². The molecule has 0 fully saturated rings. The van der Waals surface area contributed by atoms with Gasteiger partial charge in [0.15, 0.2) is 5.82 Å². The summed E-state index contributed by atoms with van der Waals surface area (Å²) >= 11 is 5.80. The monoisotopic (exact) mass is 200 g/mol. The lowest BCUT2D eigenvalue weighted by Crippen LogP contribution is -2.06. The second kappa shape index (κ2) is 4.53. The molecule has 0 aromatic carbocycles. The first kappa shape index (κ1) is 10.4. The van der Waals surface area contributed by atoms with E-state index < -0.39 is 0 Å². The lowest BCUT2D eigenvalue weighted by Gasteiger charge is -2.11. The Morgan fingerprint density at radius 2 is 2.23 bits per heavy atom. The van der Waals surface area contributed by atoms with Crippen LogP contribution in [0.15, 0.2) is 6.07 Å². The molecule has 1 aromatic rings. The predicted octanol–water partition coefficient (Wildman–Crippen LogP) is 2.54. The van der Waals surface area contributed by atoms with E-state index in [9.17, 15) is 0 Å². The van der Waals surface area contributed by atoms with Gasteiger partial charge >= 0.3 is 0 Å². The summed E-state index contributed by atoms with van der Waals surface area (Å²) in [6, 6.07) is 1.73. The van der Waals surface area contributed by atoms with Gasteiger partial charge in [0.2, 0.25) is 0 Å². The molecule has 0 aliphatic carbocycles. The second-order valence-corrected chi connectivity index (χ2v) is 3.21. The van der Waals surface area contributed by atoms with Gasteiger partial charge in [0, 0.05) is 12.8 Å². The van der Waals surface area contributed by atoms with Gasteiger partial charge in [0.1, 0.15) is 11.3 Å². The van der Waals surface area contributed by atoms with Gasteiger partial charge in [-0.3, -0.25) is 0 Å². The summed E-state index contributed by atoms with van der Waals surface area (Å²) in [5, 5.41) is 0.470. The maximum absolute atomic E-state index is 5.80. The van der Waals surface area contributed by atoms with Crippen LogP contribution in [0.2, 0.25) is 5.15 Å². The molecule has 0 aliphatic rings. The summed E-state index contributed by atoms with van der Waals surface area (Å²) in [6.07, 6.45) is 0.786. The van der Waals surface area contributed by atoms with E-state index in [0.29, 0.717) is 11.0 Å². The van der Waals surface area contributed by atoms with Crippen molar-refractivity contribution in [2.24, 2.45) is 0 Å². The van der Waals surface area contributed by atoms with Crippen molar-refractivity contribution in [2.75, 3.05) is 7.11 Å². The van der Waals surface area contributed by atoms with Gasteiger partial charge in [-0.05, 0) is 19.4 Å². The van der Waals surface area contributed by atoms with Crippen molar-refractivity contribution in [3.8, 4) is 0 Å². The molecule has 1 unspecified atom stereocenters. The Balaban J connectivity index is 2.99. The minimum Gasteiger partial charge on any atom is -0.373 e. The zero-order valence-corrected chi connectivity index (χ0v) is 8.80. The molecule has 1 atom stereocenters. The first-order valence-corrected chi connectivity index (χ1v) is 4.59. The number of aromatic nitrogens is 2. The van der Waals surface area contributed by atoms with E-state index in [1.165, 1.54) is 0 Å². The van der Waals surface area contributed by atoms with Crippen LogP contribution in [-0.2, 0) is 4.74 Å². The van der Waals surface area contributed by atoms with E-state index in [1.54, 1.807) is 13.2 Å². The van der Waals surface area contributed by atoms with Crippen molar-refractivity contribution >= 4 is 11.6 Å². The Hall–Kier alpha value is -0.670. The molecule has 1 heterocycles. The minimum atomic E-state index is -0.0580. The second-order valence-electron chi connectivity index (χ2n) is 2.82. The molecule has 0 bridgehead atoms. The Bertz CT molecular complexity index is 267. The molecule has 0 saturated heterocycles. The van der Waals surface area contributed by atoms with E-state index in [0.717, 1.165) is 12.1 Å². The van der Waals surface area contributed by atoms with Gasteiger partial charge in [-0.2, -0.15) is 0 Å². The molecule has 0 aliphatic heterocycles. The molecule has 0 saturated carbocycles. The average molecular weight is 201 g/mol. The van der Waals surface area contributed by atoms with Gasteiger partial charge in [-0.15, -0.1) is 0 Å². The van der Waals surface area contributed by atoms with Crippen molar-refractivity contribution in [2.45, 2.75) is 26.4 Å². The quantitative estimate of drug-likeness (QED) is 0.704. The van der Waals surface area contributed by atoms with E-state index in [4.69, 9.17) is 16.3 Å². The van der Waals surface area contributed by atoms with Crippen molar-refractivity contribution in [1.29, 1.82) is 0 Å². The van der Waals surface area contributed by atoms with Crippen LogP contribution in [0, 0.1) is 6.92 Å². The highest BCUT2D eigenvalue weighted by Crippen LogP contribution is 2.18. The van der Waals surface area contributed by atoms with Gasteiger partial charge in [0.05, 0.1) is 0 Å². The fraction of sp³-hybridized carbons (Fsp3) is 0.556. The standard InChI is InChI=1S/C9H13ClN2O/c1-4-7(13-3)9-11-6(2)5-8(10)12-9/h5,7H,4H2,1-3H3. The first-order valence-electron chi connectivity index (χ1n) is 4.21. The number of hydrogen-bond donors (Lipinski definition) is 0. The van der Waals surface area contributed by atoms with Crippen LogP contribution in [0.1, 0.15) is 31.0 Å². The summed E-state index contributed by atoms with van der Waals surface area (Å²) < 4.78 is 5.21. The Labute approximate surface area is 83.1 Å². The number of ether oxygens (including phenoxy) is 1. The van der Waals surface area contributed by atoms with Crippen molar-refractivity contribution in [1.82, 2.24) is 9.97 Å². The lowest BCUT2D eigenvalue weighted by molar-refractivity contribution is 0.0924. The van der Waals surface area contributed by atoms with Gasteiger partial charge in [-0.1, -0.05) is 18.5 Å². The molecule has 4 heteroatoms. The van der Waals surface area contributed by atoms with Crippen LogP contribution in [0.5, 0.6) is 0 Å². The highest BCUT2D eigenvalue weighted by molar-refractivity contribution is 6.29. The third-order valence-electron chi connectivity index (χ3n) is 1.78. The Morgan fingerprint density at radius 1 is 1.54 bits per heavy atom. The number of aryl methyl sites for hydroxylation is 1. The zero-order chi connectivity index (χ0) is 9.84. The fourth-order valence-electron chi connectivity index (χ4n) is 1.15. The third-order valence-corrected chi connectivity index (χ3v) is 1.98. The van der Waals surface area contributed by atoms with Crippen LogP contribution >= 0.6 is 11.6 Å². The van der Waals surface area contributed by atoms with Gasteiger partial charge < -0.3 is 4.74 Å². The van der Waals surface area contributed by atoms with E-state index in [1.807, 2.05) is 13.8 Å². The molecule has 13 heavy (non-hydrogen) atoms. The molecule has 3 nitrogen and oxygen atoms in total. The molecule has 0 radical (unpaired) electrons. The Morgan fingerprint density at radius 3 is 2.69 bits per heavy atom. The molecular formula is C9H13ClN2O. The number of hydrogen-bond acceptors (Lipinski definition) is 3. The SMILES string of the molecule is CCC(OC)c1nc(C)cc(Cl)n1. The molecule has 0 amide bonds. The summed E-state index contributed by atoms with van der Waals surface area (Å²) in [6.45, 7) is 3.91. The summed E-state index contributed by atoms with van der Waals surface area (Å²) in [5.74, 6) is 0.662. The van der Waals surface area contributed by atoms with Crippen LogP contribution in [0.3, 0.4) is 0 Å². The molecule has 1 aromatic heterocycles. The number of nitrogens with zero attached hydrogens (tertiary/aromatic N) is 2. The number of methoxy groups -OCH3 is 1. The Kier molecular flexibility index (Phi) is 3.63. The molecular weight excluding hydrogens is 188 g/mol. The predicted molar refractivity (Wildman–Crippen MR) is 51.8 cm³/mol. The molecule has 1 rings (SSSR count). The van der Waals surface area contributed by atoms with Gasteiger partial charge in [0.25, 0.3) is 0 Å². The molecule has 0 spiro atoms. The molecule has 72 valence electrons. The largest absolute Gasteiger partial charge is 0.373 e. The van der Waals surface area contributed by atoms with Crippen LogP contribution < -0.4 is 0 Å². The van der Waals surface area contributed by atoms with Crippen LogP contribution in [0.25, 0.3) is 0 Å². The zero-order valence-electron chi connectivity index (χ0n) is 8.04. The first-order chi connectivity index (χ1) is 6.17.